The first-order valence-corrected chi connectivity index (χ1v) is 5.50. The number of aryl methyl sites for hydroxylation is 1. The van der Waals surface area contributed by atoms with Gasteiger partial charge in [-0.05, 0) is 26.9 Å². The number of hydrogen-bond acceptors (Lipinski definition) is 3. The predicted molar refractivity (Wildman–Crippen MR) is 62.5 cm³/mol. The zero-order valence-corrected chi connectivity index (χ0v) is 10.1. The van der Waals surface area contributed by atoms with Crippen LogP contribution in [0.25, 0.3) is 0 Å². The summed E-state index contributed by atoms with van der Waals surface area (Å²) < 4.78 is 1.82. The minimum absolute atomic E-state index is 0.116. The van der Waals surface area contributed by atoms with E-state index in [2.05, 4.69) is 24.0 Å². The lowest BCUT2D eigenvalue weighted by molar-refractivity contribution is 0.219. The molecule has 86 valence electrons. The van der Waals surface area contributed by atoms with Crippen molar-refractivity contribution in [2.75, 3.05) is 13.6 Å². The van der Waals surface area contributed by atoms with Gasteiger partial charge in [0.15, 0.2) is 0 Å². The average Bonchev–Trinajstić information content (AvgIpc) is 2.51. The number of likely N-dealkylation sites (N-methyl/N-ethyl adjacent to an activating group) is 1. The Morgan fingerprint density at radius 3 is 2.67 bits per heavy atom. The zero-order chi connectivity index (χ0) is 11.4. The maximum absolute atomic E-state index is 6.03. The normalized spacial score (nSPS) is 15.6. The first kappa shape index (κ1) is 12.2. The lowest BCUT2D eigenvalue weighted by Crippen LogP contribution is -2.37. The molecular formula is C11H22N4. The molecule has 0 bridgehead atoms. The Balaban J connectivity index is 2.82. The van der Waals surface area contributed by atoms with E-state index in [1.54, 1.807) is 0 Å². The first-order valence-electron chi connectivity index (χ1n) is 5.50. The van der Waals surface area contributed by atoms with Gasteiger partial charge in [0.2, 0.25) is 0 Å². The highest BCUT2D eigenvalue weighted by atomic mass is 15.2. The van der Waals surface area contributed by atoms with Gasteiger partial charge in [0.25, 0.3) is 0 Å². The van der Waals surface area contributed by atoms with Crippen molar-refractivity contribution in [3.8, 4) is 0 Å². The Hall–Kier alpha value is -0.870. The molecule has 0 aliphatic heterocycles. The van der Waals surface area contributed by atoms with E-state index in [0.29, 0.717) is 0 Å². The van der Waals surface area contributed by atoms with Gasteiger partial charge in [0, 0.05) is 24.8 Å². The molecule has 4 heteroatoms. The van der Waals surface area contributed by atoms with Crippen LogP contribution in [-0.4, -0.2) is 34.3 Å². The molecule has 1 heterocycles. The van der Waals surface area contributed by atoms with E-state index in [0.717, 1.165) is 13.0 Å². The van der Waals surface area contributed by atoms with Crippen molar-refractivity contribution in [2.24, 2.45) is 12.8 Å². The molecule has 4 nitrogen and oxygen atoms in total. The van der Waals surface area contributed by atoms with Crippen LogP contribution in [0.4, 0.5) is 0 Å². The van der Waals surface area contributed by atoms with Crippen molar-refractivity contribution in [2.45, 2.75) is 32.4 Å². The molecule has 1 aromatic heterocycles. The van der Waals surface area contributed by atoms with Gasteiger partial charge in [-0.25, -0.2) is 0 Å². The highest BCUT2D eigenvalue weighted by molar-refractivity contribution is 5.12. The van der Waals surface area contributed by atoms with Crippen molar-refractivity contribution in [1.29, 1.82) is 0 Å². The number of hydrogen-bond donors (Lipinski definition) is 1. The van der Waals surface area contributed by atoms with Gasteiger partial charge in [-0.3, -0.25) is 9.58 Å². The van der Waals surface area contributed by atoms with Gasteiger partial charge >= 0.3 is 0 Å². The summed E-state index contributed by atoms with van der Waals surface area (Å²) in [6.07, 6.45) is 5.08. The molecule has 0 radical (unpaired) electrons. The van der Waals surface area contributed by atoms with Crippen molar-refractivity contribution >= 4 is 0 Å². The summed E-state index contributed by atoms with van der Waals surface area (Å²) in [5, 5.41) is 4.20. The van der Waals surface area contributed by atoms with Gasteiger partial charge < -0.3 is 5.73 Å². The number of aromatic nitrogens is 2. The highest BCUT2D eigenvalue weighted by Crippen LogP contribution is 2.21. The van der Waals surface area contributed by atoms with Gasteiger partial charge in [-0.2, -0.15) is 5.10 Å². The number of nitrogens with zero attached hydrogens (tertiary/aromatic N) is 3. The van der Waals surface area contributed by atoms with Gasteiger partial charge in [0.05, 0.1) is 12.2 Å². The highest BCUT2D eigenvalue weighted by Gasteiger charge is 2.21. The van der Waals surface area contributed by atoms with E-state index in [-0.39, 0.29) is 12.1 Å². The van der Waals surface area contributed by atoms with E-state index < -0.39 is 0 Å². The summed E-state index contributed by atoms with van der Waals surface area (Å²) in [6, 6.07) is 0.379. The minimum atomic E-state index is 0.116. The molecule has 0 amide bonds. The Morgan fingerprint density at radius 1 is 1.60 bits per heavy atom. The maximum Gasteiger partial charge on any atom is 0.0538 e. The summed E-state index contributed by atoms with van der Waals surface area (Å²) >= 11 is 0. The lowest BCUT2D eigenvalue weighted by atomic mass is 10.0. The second-order valence-electron chi connectivity index (χ2n) is 4.23. The Morgan fingerprint density at radius 2 is 2.27 bits per heavy atom. The molecule has 2 atom stereocenters. The van der Waals surface area contributed by atoms with E-state index in [4.69, 9.17) is 5.73 Å². The van der Waals surface area contributed by atoms with Crippen molar-refractivity contribution in [3.63, 3.8) is 0 Å². The Labute approximate surface area is 92.1 Å². The SMILES string of the molecule is CCCN(C)C(c1cnn(C)c1)C(C)N. The monoisotopic (exact) mass is 210 g/mol. The van der Waals surface area contributed by atoms with Crippen LogP contribution in [0.3, 0.4) is 0 Å². The molecular weight excluding hydrogens is 188 g/mol. The van der Waals surface area contributed by atoms with Crippen LogP contribution in [0, 0.1) is 0 Å². The van der Waals surface area contributed by atoms with Crippen LogP contribution < -0.4 is 5.73 Å². The smallest absolute Gasteiger partial charge is 0.0538 e. The summed E-state index contributed by atoms with van der Waals surface area (Å²) in [4.78, 5) is 2.29. The molecule has 0 fully saturated rings. The maximum atomic E-state index is 6.03. The average molecular weight is 210 g/mol. The van der Waals surface area contributed by atoms with Crippen molar-refractivity contribution in [3.05, 3.63) is 18.0 Å². The molecule has 0 saturated carbocycles. The number of rotatable bonds is 5. The molecule has 1 aromatic rings. The van der Waals surface area contributed by atoms with E-state index in [1.807, 2.05) is 31.0 Å². The summed E-state index contributed by atoms with van der Waals surface area (Å²) in [5.41, 5.74) is 7.23. The van der Waals surface area contributed by atoms with Crippen molar-refractivity contribution in [1.82, 2.24) is 14.7 Å². The lowest BCUT2D eigenvalue weighted by Gasteiger charge is -2.29. The molecule has 1 rings (SSSR count). The number of nitrogens with two attached hydrogens (primary N) is 1. The van der Waals surface area contributed by atoms with E-state index >= 15 is 0 Å². The van der Waals surface area contributed by atoms with Crippen LogP contribution in [0.15, 0.2) is 12.4 Å². The van der Waals surface area contributed by atoms with Crippen LogP contribution >= 0.6 is 0 Å². The molecule has 0 saturated heterocycles. The summed E-state index contributed by atoms with van der Waals surface area (Å²) in [7, 11) is 4.05. The molecule has 15 heavy (non-hydrogen) atoms. The fraction of sp³-hybridized carbons (Fsp3) is 0.727. The van der Waals surface area contributed by atoms with Gasteiger partial charge in [-0.1, -0.05) is 6.92 Å². The van der Waals surface area contributed by atoms with Crippen LogP contribution in [-0.2, 0) is 7.05 Å². The fourth-order valence-electron chi connectivity index (χ4n) is 2.04. The van der Waals surface area contributed by atoms with Crippen molar-refractivity contribution < 1.29 is 0 Å². The molecule has 0 aromatic carbocycles. The standard InChI is InChI=1S/C11H22N4/c1-5-6-14(3)11(9(2)12)10-7-13-15(4)8-10/h7-9,11H,5-6,12H2,1-4H3. The third kappa shape index (κ3) is 3.04. The minimum Gasteiger partial charge on any atom is -0.326 e. The van der Waals surface area contributed by atoms with E-state index in [1.165, 1.54) is 5.56 Å². The Kier molecular flexibility index (Phi) is 4.29. The first-order chi connectivity index (χ1) is 7.06. The van der Waals surface area contributed by atoms with Crippen LogP contribution in [0.5, 0.6) is 0 Å². The summed E-state index contributed by atoms with van der Waals surface area (Å²) in [5.74, 6) is 0. The quantitative estimate of drug-likeness (QED) is 0.793. The fourth-order valence-corrected chi connectivity index (χ4v) is 2.04. The largest absolute Gasteiger partial charge is 0.326 e. The molecule has 0 spiro atoms. The molecule has 0 aliphatic rings. The molecule has 0 aliphatic carbocycles. The van der Waals surface area contributed by atoms with E-state index in [9.17, 15) is 0 Å². The summed E-state index contributed by atoms with van der Waals surface area (Å²) in [6.45, 7) is 5.28. The third-order valence-corrected chi connectivity index (χ3v) is 2.62. The topological polar surface area (TPSA) is 47.1 Å². The molecule has 2 unspecified atom stereocenters. The van der Waals surface area contributed by atoms with Gasteiger partial charge in [0.1, 0.15) is 0 Å². The van der Waals surface area contributed by atoms with Crippen LogP contribution in [0.2, 0.25) is 0 Å². The van der Waals surface area contributed by atoms with Gasteiger partial charge in [-0.15, -0.1) is 0 Å². The zero-order valence-electron chi connectivity index (χ0n) is 10.1. The second-order valence-corrected chi connectivity index (χ2v) is 4.23. The Bertz CT molecular complexity index is 293. The molecule has 2 N–H and O–H groups in total. The third-order valence-electron chi connectivity index (χ3n) is 2.62. The second kappa shape index (κ2) is 5.28. The predicted octanol–water partition coefficient (Wildman–Crippen LogP) is 1.15. The van der Waals surface area contributed by atoms with Crippen LogP contribution in [0.1, 0.15) is 31.9 Å².